The fourth-order valence-electron chi connectivity index (χ4n) is 2.95. The van der Waals surface area contributed by atoms with Gasteiger partial charge in [-0.1, -0.05) is 39.0 Å². The van der Waals surface area contributed by atoms with Crippen LogP contribution >= 0.6 is 11.8 Å². The van der Waals surface area contributed by atoms with E-state index in [0.717, 1.165) is 6.42 Å². The smallest absolute Gasteiger partial charge is 0.330 e. The van der Waals surface area contributed by atoms with Gasteiger partial charge in [0, 0.05) is 23.5 Å². The monoisotopic (exact) mass is 440 g/mol. The van der Waals surface area contributed by atoms with Gasteiger partial charge in [0.25, 0.3) is 17.2 Å². The van der Waals surface area contributed by atoms with Gasteiger partial charge in [-0.05, 0) is 36.6 Å². The van der Waals surface area contributed by atoms with Crippen LogP contribution in [0, 0.1) is 5.92 Å². The van der Waals surface area contributed by atoms with Crippen molar-refractivity contribution in [2.75, 3.05) is 17.2 Å². The number of unbranched alkanes of at least 4 members (excludes halogenated alkanes) is 1. The Morgan fingerprint density at radius 3 is 2.40 bits per heavy atom. The molecular weight excluding hydrogens is 414 g/mol. The molecule has 0 aliphatic carbocycles. The number of hydrogen-bond acceptors (Lipinski definition) is 5. The lowest BCUT2D eigenvalue weighted by Crippen LogP contribution is -2.42. The number of H-pyrrole nitrogens is 1. The Balaban J connectivity index is 2.51. The standard InChI is InChI=1S/C20H26F2N4O3S/c1-4-5-10-25(18(28)13-6-8-14(9-7-13)30-19(21)22)15-16(23)26(11-12(2)3)20(29)24-17(15)27/h6-9,12,19H,4-5,10-11,23H2,1-3H3,(H,24,27,29). The number of nitrogens with zero attached hydrogens (tertiary/aromatic N) is 2. The quantitative estimate of drug-likeness (QED) is 0.581. The third-order valence-electron chi connectivity index (χ3n) is 4.34. The highest BCUT2D eigenvalue weighted by atomic mass is 32.2. The van der Waals surface area contributed by atoms with E-state index in [0.29, 0.717) is 23.1 Å². The van der Waals surface area contributed by atoms with Gasteiger partial charge >= 0.3 is 5.69 Å². The molecule has 0 aliphatic rings. The molecule has 7 nitrogen and oxygen atoms in total. The minimum absolute atomic E-state index is 0.0771. The summed E-state index contributed by atoms with van der Waals surface area (Å²) in [5.41, 5.74) is 4.93. The number of carbonyl (C=O) groups is 1. The van der Waals surface area contributed by atoms with E-state index in [2.05, 4.69) is 4.98 Å². The molecule has 0 radical (unpaired) electrons. The Kier molecular flexibility index (Phi) is 8.22. The predicted molar refractivity (Wildman–Crippen MR) is 115 cm³/mol. The molecule has 0 spiro atoms. The van der Waals surface area contributed by atoms with Crippen LogP contribution in [0.3, 0.4) is 0 Å². The average molecular weight is 441 g/mol. The number of anilines is 2. The van der Waals surface area contributed by atoms with E-state index < -0.39 is 22.9 Å². The first-order valence-corrected chi connectivity index (χ1v) is 10.5. The molecule has 2 aromatic rings. The van der Waals surface area contributed by atoms with E-state index >= 15 is 0 Å². The highest BCUT2D eigenvalue weighted by Gasteiger charge is 2.25. The molecule has 1 aromatic heterocycles. The summed E-state index contributed by atoms with van der Waals surface area (Å²) in [4.78, 5) is 41.8. The number of nitrogens with two attached hydrogens (primary N) is 1. The van der Waals surface area contributed by atoms with Gasteiger partial charge in [0.15, 0.2) is 5.69 Å². The van der Waals surface area contributed by atoms with E-state index in [1.807, 2.05) is 20.8 Å². The van der Waals surface area contributed by atoms with Crippen LogP contribution in [0.15, 0.2) is 38.8 Å². The Bertz CT molecular complexity index is 987. The van der Waals surface area contributed by atoms with E-state index in [4.69, 9.17) is 5.73 Å². The van der Waals surface area contributed by atoms with Crippen LogP contribution in [0.5, 0.6) is 0 Å². The molecule has 0 saturated heterocycles. The highest BCUT2D eigenvalue weighted by molar-refractivity contribution is 7.99. The van der Waals surface area contributed by atoms with E-state index in [9.17, 15) is 23.2 Å². The summed E-state index contributed by atoms with van der Waals surface area (Å²) in [6.45, 7) is 6.23. The fraction of sp³-hybridized carbons (Fsp3) is 0.450. The summed E-state index contributed by atoms with van der Waals surface area (Å²) < 4.78 is 26.3. The van der Waals surface area contributed by atoms with Crippen LogP contribution < -0.4 is 21.9 Å². The summed E-state index contributed by atoms with van der Waals surface area (Å²) in [5, 5.41) is 0. The summed E-state index contributed by atoms with van der Waals surface area (Å²) in [6.07, 6.45) is 1.37. The van der Waals surface area contributed by atoms with Crippen molar-refractivity contribution in [1.29, 1.82) is 0 Å². The topological polar surface area (TPSA) is 101 Å². The van der Waals surface area contributed by atoms with Crippen molar-refractivity contribution in [2.24, 2.45) is 5.92 Å². The Morgan fingerprint density at radius 2 is 1.87 bits per heavy atom. The number of amides is 1. The Labute approximate surface area is 177 Å². The molecule has 0 unspecified atom stereocenters. The van der Waals surface area contributed by atoms with Gasteiger partial charge in [-0.3, -0.25) is 19.1 Å². The molecule has 1 aromatic carbocycles. The van der Waals surface area contributed by atoms with Crippen molar-refractivity contribution in [3.8, 4) is 0 Å². The second kappa shape index (κ2) is 10.4. The number of halogens is 2. The van der Waals surface area contributed by atoms with Crippen molar-refractivity contribution in [1.82, 2.24) is 9.55 Å². The third kappa shape index (κ3) is 5.71. The molecule has 10 heteroatoms. The highest BCUT2D eigenvalue weighted by Crippen LogP contribution is 2.26. The lowest BCUT2D eigenvalue weighted by atomic mass is 10.1. The first-order chi connectivity index (χ1) is 14.1. The van der Waals surface area contributed by atoms with Crippen LogP contribution in [0.4, 0.5) is 20.3 Å². The first-order valence-electron chi connectivity index (χ1n) is 9.65. The predicted octanol–water partition coefficient (Wildman–Crippen LogP) is 3.54. The maximum absolute atomic E-state index is 13.2. The molecule has 0 fully saturated rings. The fourth-order valence-corrected chi connectivity index (χ4v) is 3.45. The molecule has 2 rings (SSSR count). The third-order valence-corrected chi connectivity index (χ3v) is 5.06. The molecule has 1 amide bonds. The number of carbonyl (C=O) groups excluding carboxylic acids is 1. The first kappa shape index (κ1) is 23.7. The summed E-state index contributed by atoms with van der Waals surface area (Å²) in [7, 11) is 0. The van der Waals surface area contributed by atoms with Gasteiger partial charge in [-0.15, -0.1) is 0 Å². The number of aromatic nitrogens is 2. The number of nitrogen functional groups attached to an aromatic ring is 1. The van der Waals surface area contributed by atoms with Crippen molar-refractivity contribution in [2.45, 2.75) is 50.8 Å². The summed E-state index contributed by atoms with van der Waals surface area (Å²) >= 11 is 0.380. The van der Waals surface area contributed by atoms with Crippen LogP contribution in [-0.2, 0) is 6.54 Å². The van der Waals surface area contributed by atoms with E-state index in [1.54, 1.807) is 0 Å². The molecule has 3 N–H and O–H groups in total. The van der Waals surface area contributed by atoms with Crippen LogP contribution in [-0.4, -0.2) is 27.8 Å². The number of alkyl halides is 2. The minimum atomic E-state index is -2.56. The van der Waals surface area contributed by atoms with Gasteiger partial charge in [-0.25, -0.2) is 4.79 Å². The van der Waals surface area contributed by atoms with Gasteiger partial charge in [-0.2, -0.15) is 8.78 Å². The SMILES string of the molecule is CCCCN(C(=O)c1ccc(SC(F)F)cc1)c1c(N)n(CC(C)C)c(=O)[nH]c1=O. The largest absolute Gasteiger partial charge is 0.383 e. The second-order valence-corrected chi connectivity index (χ2v) is 8.27. The van der Waals surface area contributed by atoms with Gasteiger partial charge in [0.1, 0.15) is 5.82 Å². The average Bonchev–Trinajstić information content (AvgIpc) is 2.67. The lowest BCUT2D eigenvalue weighted by Gasteiger charge is -2.25. The number of rotatable bonds is 9. The van der Waals surface area contributed by atoms with Crippen molar-refractivity contribution < 1.29 is 13.6 Å². The van der Waals surface area contributed by atoms with E-state index in [-0.39, 0.29) is 36.1 Å². The maximum Gasteiger partial charge on any atom is 0.330 e. The van der Waals surface area contributed by atoms with Crippen molar-refractivity contribution >= 4 is 29.2 Å². The molecule has 30 heavy (non-hydrogen) atoms. The number of benzene rings is 1. The molecule has 164 valence electrons. The van der Waals surface area contributed by atoms with Gasteiger partial charge < -0.3 is 10.6 Å². The second-order valence-electron chi connectivity index (χ2n) is 7.21. The molecular formula is C20H26F2N4O3S. The zero-order chi connectivity index (χ0) is 22.4. The van der Waals surface area contributed by atoms with Gasteiger partial charge in [0.05, 0.1) is 0 Å². The lowest BCUT2D eigenvalue weighted by molar-refractivity contribution is 0.0986. The van der Waals surface area contributed by atoms with Crippen LogP contribution in [0.1, 0.15) is 44.0 Å². The summed E-state index contributed by atoms with van der Waals surface area (Å²) in [6, 6.07) is 5.71. The van der Waals surface area contributed by atoms with E-state index in [1.165, 1.54) is 33.7 Å². The number of nitrogens with one attached hydrogen (secondary N) is 1. The maximum atomic E-state index is 13.2. The van der Waals surface area contributed by atoms with Crippen LogP contribution in [0.2, 0.25) is 0 Å². The molecule has 0 bridgehead atoms. The number of hydrogen-bond donors (Lipinski definition) is 2. The number of thioether (sulfide) groups is 1. The molecule has 0 atom stereocenters. The summed E-state index contributed by atoms with van der Waals surface area (Å²) in [5.74, 6) is -3.05. The zero-order valence-electron chi connectivity index (χ0n) is 17.2. The minimum Gasteiger partial charge on any atom is -0.383 e. The molecule has 0 saturated carbocycles. The van der Waals surface area contributed by atoms with Crippen LogP contribution in [0.25, 0.3) is 0 Å². The number of aromatic amines is 1. The van der Waals surface area contributed by atoms with Gasteiger partial charge in [0.2, 0.25) is 0 Å². The Hall–Kier alpha value is -2.62. The molecule has 1 heterocycles. The normalized spacial score (nSPS) is 11.3. The van der Waals surface area contributed by atoms with Crippen molar-refractivity contribution in [3.05, 3.63) is 50.7 Å². The molecule has 0 aliphatic heterocycles. The Morgan fingerprint density at radius 1 is 1.23 bits per heavy atom. The van der Waals surface area contributed by atoms with Crippen molar-refractivity contribution in [3.63, 3.8) is 0 Å². The zero-order valence-corrected chi connectivity index (χ0v) is 18.0.